The average molecular weight is 253 g/mol. The molecule has 1 N–H and O–H groups in total. The van der Waals surface area contributed by atoms with E-state index < -0.39 is 0 Å². The topological polar surface area (TPSA) is 74.5 Å². The van der Waals surface area contributed by atoms with Crippen LogP contribution in [-0.2, 0) is 6.54 Å². The number of nitrogens with one attached hydrogen (secondary N) is 1. The Bertz CT molecular complexity index is 562. The fraction of sp³-hybridized carbons (Fsp3) is 0.286. The zero-order chi connectivity index (χ0) is 13.5. The maximum Gasteiger partial charge on any atom is 0.145 e. The first-order valence-electron chi connectivity index (χ1n) is 6.19. The third kappa shape index (κ3) is 3.33. The Morgan fingerprint density at radius 2 is 1.95 bits per heavy atom. The third-order valence-electron chi connectivity index (χ3n) is 2.83. The standard InChI is InChI=1S/C14H15N5/c1-2-12(14-17-7-4-8-18-14)19-10-13-11(9-15)5-3-6-16-13/h3-8,12,19H,2,10H2,1H3. The van der Waals surface area contributed by atoms with Crippen molar-refractivity contribution < 1.29 is 0 Å². The van der Waals surface area contributed by atoms with Crippen LogP contribution in [0.1, 0.15) is 36.5 Å². The van der Waals surface area contributed by atoms with Gasteiger partial charge in [0, 0.05) is 25.1 Å². The van der Waals surface area contributed by atoms with Crippen molar-refractivity contribution in [3.8, 4) is 6.07 Å². The summed E-state index contributed by atoms with van der Waals surface area (Å²) in [4.78, 5) is 12.7. The van der Waals surface area contributed by atoms with E-state index in [1.807, 2.05) is 0 Å². The van der Waals surface area contributed by atoms with Crippen LogP contribution in [0.5, 0.6) is 0 Å². The second-order valence-electron chi connectivity index (χ2n) is 4.06. The normalized spacial score (nSPS) is 11.8. The predicted octanol–water partition coefficient (Wildman–Crippen LogP) is 1.98. The van der Waals surface area contributed by atoms with Gasteiger partial charge in [0.1, 0.15) is 11.9 Å². The number of nitriles is 1. The highest BCUT2D eigenvalue weighted by Crippen LogP contribution is 2.12. The van der Waals surface area contributed by atoms with Crippen molar-refractivity contribution in [1.29, 1.82) is 5.26 Å². The van der Waals surface area contributed by atoms with Gasteiger partial charge in [0.2, 0.25) is 0 Å². The Kier molecular flexibility index (Phi) is 4.54. The zero-order valence-corrected chi connectivity index (χ0v) is 10.7. The molecule has 0 saturated heterocycles. The molecule has 19 heavy (non-hydrogen) atoms. The van der Waals surface area contributed by atoms with Crippen molar-refractivity contribution in [1.82, 2.24) is 20.3 Å². The minimum Gasteiger partial charge on any atom is -0.302 e. The second kappa shape index (κ2) is 6.57. The highest BCUT2D eigenvalue weighted by molar-refractivity contribution is 5.32. The molecule has 0 saturated carbocycles. The summed E-state index contributed by atoms with van der Waals surface area (Å²) < 4.78 is 0. The number of nitrogens with zero attached hydrogens (tertiary/aromatic N) is 4. The molecule has 0 aliphatic heterocycles. The van der Waals surface area contributed by atoms with Crippen LogP contribution in [0.4, 0.5) is 0 Å². The number of aromatic nitrogens is 3. The van der Waals surface area contributed by atoms with Crippen molar-refractivity contribution in [3.63, 3.8) is 0 Å². The van der Waals surface area contributed by atoms with Gasteiger partial charge in [-0.2, -0.15) is 5.26 Å². The van der Waals surface area contributed by atoms with Gasteiger partial charge in [-0.15, -0.1) is 0 Å². The molecule has 0 amide bonds. The average Bonchev–Trinajstić information content (AvgIpc) is 2.49. The zero-order valence-electron chi connectivity index (χ0n) is 10.7. The summed E-state index contributed by atoms with van der Waals surface area (Å²) in [5.41, 5.74) is 1.35. The van der Waals surface area contributed by atoms with E-state index in [2.05, 4.69) is 33.3 Å². The molecule has 1 unspecified atom stereocenters. The van der Waals surface area contributed by atoms with Gasteiger partial charge in [0.25, 0.3) is 0 Å². The molecule has 0 aliphatic carbocycles. The summed E-state index contributed by atoms with van der Waals surface area (Å²) in [7, 11) is 0. The quantitative estimate of drug-likeness (QED) is 0.882. The number of hydrogen-bond donors (Lipinski definition) is 1. The van der Waals surface area contributed by atoms with E-state index in [-0.39, 0.29) is 6.04 Å². The molecule has 5 nitrogen and oxygen atoms in total. The minimum absolute atomic E-state index is 0.0646. The Labute approximate surface area is 112 Å². The van der Waals surface area contributed by atoms with Gasteiger partial charge in [-0.05, 0) is 24.6 Å². The van der Waals surface area contributed by atoms with Crippen LogP contribution in [0.15, 0.2) is 36.8 Å². The smallest absolute Gasteiger partial charge is 0.145 e. The fourth-order valence-corrected chi connectivity index (χ4v) is 1.81. The first-order valence-corrected chi connectivity index (χ1v) is 6.19. The van der Waals surface area contributed by atoms with Crippen molar-refractivity contribution in [2.45, 2.75) is 25.9 Å². The van der Waals surface area contributed by atoms with Gasteiger partial charge in [-0.25, -0.2) is 9.97 Å². The molecule has 0 aliphatic rings. The fourth-order valence-electron chi connectivity index (χ4n) is 1.81. The monoisotopic (exact) mass is 253 g/mol. The molecule has 2 rings (SSSR count). The summed E-state index contributed by atoms with van der Waals surface area (Å²) in [6, 6.07) is 7.53. The molecule has 2 aromatic heterocycles. The molecule has 2 aromatic rings. The number of hydrogen-bond acceptors (Lipinski definition) is 5. The SMILES string of the molecule is CCC(NCc1ncccc1C#N)c1ncccn1. The van der Waals surface area contributed by atoms with E-state index in [1.54, 1.807) is 36.8 Å². The highest BCUT2D eigenvalue weighted by Gasteiger charge is 2.12. The Morgan fingerprint density at radius 3 is 2.63 bits per heavy atom. The van der Waals surface area contributed by atoms with Crippen LogP contribution in [0, 0.1) is 11.3 Å². The molecule has 5 heteroatoms. The van der Waals surface area contributed by atoms with Crippen LogP contribution in [0.2, 0.25) is 0 Å². The van der Waals surface area contributed by atoms with Crippen LogP contribution in [0.25, 0.3) is 0 Å². The van der Waals surface area contributed by atoms with Crippen LogP contribution in [-0.4, -0.2) is 15.0 Å². The Morgan fingerprint density at radius 1 is 1.21 bits per heavy atom. The second-order valence-corrected chi connectivity index (χ2v) is 4.06. The van der Waals surface area contributed by atoms with E-state index in [1.165, 1.54) is 0 Å². The van der Waals surface area contributed by atoms with Gasteiger partial charge in [-0.3, -0.25) is 4.98 Å². The van der Waals surface area contributed by atoms with Gasteiger partial charge >= 0.3 is 0 Å². The predicted molar refractivity (Wildman–Crippen MR) is 70.9 cm³/mol. The van der Waals surface area contributed by atoms with Crippen molar-refractivity contribution in [3.05, 3.63) is 53.9 Å². The van der Waals surface area contributed by atoms with Gasteiger partial charge in [0.15, 0.2) is 0 Å². The maximum atomic E-state index is 9.02. The minimum atomic E-state index is 0.0646. The summed E-state index contributed by atoms with van der Waals surface area (Å²) >= 11 is 0. The van der Waals surface area contributed by atoms with Crippen molar-refractivity contribution in [2.75, 3.05) is 0 Å². The number of pyridine rings is 1. The van der Waals surface area contributed by atoms with Gasteiger partial charge in [0.05, 0.1) is 17.3 Å². The van der Waals surface area contributed by atoms with Crippen LogP contribution < -0.4 is 5.32 Å². The molecule has 2 heterocycles. The molecule has 0 spiro atoms. The summed E-state index contributed by atoms with van der Waals surface area (Å²) in [6.45, 7) is 2.60. The third-order valence-corrected chi connectivity index (χ3v) is 2.83. The molecular weight excluding hydrogens is 238 g/mol. The van der Waals surface area contributed by atoms with Crippen molar-refractivity contribution in [2.24, 2.45) is 0 Å². The van der Waals surface area contributed by atoms with Gasteiger partial charge < -0.3 is 5.32 Å². The van der Waals surface area contributed by atoms with Crippen LogP contribution >= 0.6 is 0 Å². The van der Waals surface area contributed by atoms with Gasteiger partial charge in [-0.1, -0.05) is 6.92 Å². The molecule has 96 valence electrons. The lowest BCUT2D eigenvalue weighted by molar-refractivity contribution is 0.489. The largest absolute Gasteiger partial charge is 0.302 e. The lowest BCUT2D eigenvalue weighted by Crippen LogP contribution is -2.23. The van der Waals surface area contributed by atoms with Crippen molar-refractivity contribution >= 4 is 0 Å². The molecule has 0 bridgehead atoms. The molecule has 0 fully saturated rings. The summed E-state index contributed by atoms with van der Waals surface area (Å²) in [5.74, 6) is 0.763. The summed E-state index contributed by atoms with van der Waals surface area (Å²) in [6.07, 6.45) is 6.03. The van der Waals surface area contributed by atoms with E-state index in [0.717, 1.165) is 17.9 Å². The van der Waals surface area contributed by atoms with E-state index >= 15 is 0 Å². The van der Waals surface area contributed by atoms with Crippen LogP contribution in [0.3, 0.4) is 0 Å². The first kappa shape index (κ1) is 13.1. The van der Waals surface area contributed by atoms with E-state index in [9.17, 15) is 0 Å². The summed E-state index contributed by atoms with van der Waals surface area (Å²) in [5, 5.41) is 12.4. The molecule has 0 radical (unpaired) electrons. The van der Waals surface area contributed by atoms with E-state index in [0.29, 0.717) is 12.1 Å². The van der Waals surface area contributed by atoms with E-state index in [4.69, 9.17) is 5.26 Å². The highest BCUT2D eigenvalue weighted by atomic mass is 15.0. The Hall–Kier alpha value is -2.32. The molecule has 1 atom stereocenters. The lowest BCUT2D eigenvalue weighted by Gasteiger charge is -2.15. The number of rotatable bonds is 5. The lowest BCUT2D eigenvalue weighted by atomic mass is 10.1. The first-order chi connectivity index (χ1) is 9.35. The molecular formula is C14H15N5. The Balaban J connectivity index is 2.07. The molecule has 0 aromatic carbocycles. The maximum absolute atomic E-state index is 9.02.